The van der Waals surface area contributed by atoms with Crippen LogP contribution in [0.5, 0.6) is 0 Å². The van der Waals surface area contributed by atoms with Crippen LogP contribution in [0.25, 0.3) is 71.2 Å². The average Bonchev–Trinajstić information content (AvgIpc) is 3.97. The molecule has 12 rings (SSSR count). The summed E-state index contributed by atoms with van der Waals surface area (Å²) in [5, 5.41) is 17.2. The lowest BCUT2D eigenvalue weighted by atomic mass is 9.50. The van der Waals surface area contributed by atoms with Crippen molar-refractivity contribution in [2.24, 2.45) is 0 Å². The van der Waals surface area contributed by atoms with Gasteiger partial charge in [-0.05, 0) is 49.2 Å². The molecule has 0 amide bonds. The van der Waals surface area contributed by atoms with E-state index >= 15 is 0 Å². The third kappa shape index (κ3) is 7.87. The van der Waals surface area contributed by atoms with E-state index in [1.807, 2.05) is 72.8 Å². The van der Waals surface area contributed by atoms with E-state index in [0.717, 1.165) is 88.1 Å². The van der Waals surface area contributed by atoms with Gasteiger partial charge >= 0.3 is 13.7 Å². The molecule has 8 aromatic carbocycles. The Morgan fingerprint density at radius 1 is 0.432 bits per heavy atom. The standard InChI is InChI=1S/C66H46B2N6/c1-45-24-16-20-36-53(45)63-60-61(66(62(70-3)59-43-41-48-27-19-23-39-57(48)72-59)74(63)68(51-32-12-6-13-33-51)52-34-14-7-15-35-52)64(54-37-21-17-25-46(54)2)73(67(49-28-8-4-9-29-49)50-30-10-5-11-31-50)65(60)55(44-69)58-42-40-47-26-18-22-38-56(47)71-58/h4-43H,1-2H3/b65-55-,66-62+. The second-order valence-electron chi connectivity index (χ2n) is 18.7. The van der Waals surface area contributed by atoms with Gasteiger partial charge in [0, 0.05) is 49.4 Å². The van der Waals surface area contributed by atoms with Gasteiger partial charge < -0.3 is 8.96 Å². The van der Waals surface area contributed by atoms with Gasteiger partial charge in [-0.2, -0.15) is 5.26 Å². The molecule has 6 nitrogen and oxygen atoms in total. The molecule has 0 N–H and O–H groups in total. The number of para-hydroxylation sites is 2. The van der Waals surface area contributed by atoms with Crippen molar-refractivity contribution in [3.05, 3.63) is 287 Å². The monoisotopic (exact) mass is 944 g/mol. The number of aryl methyl sites for hydroxylation is 2. The van der Waals surface area contributed by atoms with Crippen LogP contribution in [-0.2, 0) is 0 Å². The van der Waals surface area contributed by atoms with Crippen LogP contribution < -0.4 is 32.5 Å². The Hall–Kier alpha value is -9.75. The molecule has 4 heterocycles. The molecular formula is C66H46B2N6. The van der Waals surface area contributed by atoms with Gasteiger partial charge in [0.1, 0.15) is 11.6 Å². The number of nitrogens with zero attached hydrogens (tertiary/aromatic N) is 6. The van der Waals surface area contributed by atoms with E-state index in [4.69, 9.17) is 9.97 Å². The highest BCUT2D eigenvalue weighted by Gasteiger charge is 2.37. The molecule has 346 valence electrons. The van der Waals surface area contributed by atoms with E-state index in [1.54, 1.807) is 0 Å². The predicted molar refractivity (Wildman–Crippen MR) is 307 cm³/mol. The van der Waals surface area contributed by atoms with Gasteiger partial charge in [0.15, 0.2) is 0 Å². The third-order valence-electron chi connectivity index (χ3n) is 14.3. The largest absolute Gasteiger partial charge is 0.384 e. The summed E-state index contributed by atoms with van der Waals surface area (Å²) in [6.07, 6.45) is 0. The van der Waals surface area contributed by atoms with Crippen LogP contribution in [0.3, 0.4) is 0 Å². The second-order valence-corrected chi connectivity index (χ2v) is 18.7. The van der Waals surface area contributed by atoms with Crippen LogP contribution in [0.2, 0.25) is 0 Å². The van der Waals surface area contributed by atoms with Crippen molar-refractivity contribution in [2.75, 3.05) is 0 Å². The van der Waals surface area contributed by atoms with E-state index in [2.05, 4.69) is 204 Å². The minimum Gasteiger partial charge on any atom is -0.384 e. The molecule has 0 aliphatic rings. The number of rotatable bonds is 10. The van der Waals surface area contributed by atoms with E-state index in [1.165, 1.54) is 0 Å². The van der Waals surface area contributed by atoms with Crippen molar-refractivity contribution in [1.29, 1.82) is 5.26 Å². The van der Waals surface area contributed by atoms with Gasteiger partial charge in [-0.3, -0.25) is 4.98 Å². The third-order valence-corrected chi connectivity index (χ3v) is 14.3. The fourth-order valence-corrected chi connectivity index (χ4v) is 11.0. The van der Waals surface area contributed by atoms with Crippen LogP contribution in [0.15, 0.2) is 243 Å². The molecule has 0 radical (unpaired) electrons. The van der Waals surface area contributed by atoms with E-state index in [9.17, 15) is 11.8 Å². The average molecular weight is 945 g/mol. The molecule has 0 fully saturated rings. The molecule has 0 bridgehead atoms. The number of hydrogen-bond donors (Lipinski definition) is 0. The number of aromatic nitrogens is 4. The summed E-state index contributed by atoms with van der Waals surface area (Å²) in [4.78, 5) is 15.3. The van der Waals surface area contributed by atoms with Gasteiger partial charge in [0.25, 0.3) is 0 Å². The molecule has 0 saturated carbocycles. The first-order valence-electron chi connectivity index (χ1n) is 24.9. The van der Waals surface area contributed by atoms with E-state index in [0.29, 0.717) is 33.4 Å². The fraction of sp³-hybridized carbons (Fsp3) is 0.0303. The van der Waals surface area contributed by atoms with Gasteiger partial charge in [-0.25, -0.2) is 9.83 Å². The smallest absolute Gasteiger partial charge is 0.328 e. The lowest BCUT2D eigenvalue weighted by Crippen LogP contribution is -2.54. The highest BCUT2D eigenvalue weighted by atomic mass is 15.0. The number of hydrogen-bond acceptors (Lipinski definition) is 3. The lowest BCUT2D eigenvalue weighted by Gasteiger charge is -2.25. The summed E-state index contributed by atoms with van der Waals surface area (Å²) in [5.74, 6) is 0. The first-order chi connectivity index (χ1) is 36.5. The van der Waals surface area contributed by atoms with Crippen LogP contribution in [0.1, 0.15) is 22.5 Å². The Kier molecular flexibility index (Phi) is 11.9. The molecule has 8 heteroatoms. The molecule has 4 aromatic heterocycles. The molecule has 0 saturated heterocycles. The minimum atomic E-state index is -0.474. The van der Waals surface area contributed by atoms with Gasteiger partial charge in [0.05, 0.1) is 34.3 Å². The van der Waals surface area contributed by atoms with Crippen LogP contribution in [-0.4, -0.2) is 32.6 Å². The summed E-state index contributed by atoms with van der Waals surface area (Å²) in [7, 11) is 0. The summed E-state index contributed by atoms with van der Waals surface area (Å²) >= 11 is 0. The molecular weight excluding hydrogens is 898 g/mol. The van der Waals surface area contributed by atoms with Crippen molar-refractivity contribution in [3.8, 4) is 28.6 Å². The number of fused-ring (bicyclic) bond motifs is 3. The maximum Gasteiger partial charge on any atom is 0.328 e. The number of benzene rings is 8. The van der Waals surface area contributed by atoms with Gasteiger partial charge in [0.2, 0.25) is 5.70 Å². The first kappa shape index (κ1) is 45.4. The van der Waals surface area contributed by atoms with Crippen molar-refractivity contribution in [2.45, 2.75) is 13.8 Å². The zero-order valence-corrected chi connectivity index (χ0v) is 40.9. The van der Waals surface area contributed by atoms with Crippen LogP contribution in [0.4, 0.5) is 0 Å². The van der Waals surface area contributed by atoms with Crippen molar-refractivity contribution < 1.29 is 0 Å². The molecule has 12 aromatic rings. The molecule has 74 heavy (non-hydrogen) atoms. The topological polar surface area (TPSA) is 63.8 Å². The first-order valence-corrected chi connectivity index (χ1v) is 24.9. The minimum absolute atomic E-state index is 0.384. The summed E-state index contributed by atoms with van der Waals surface area (Å²) < 4.78 is 4.80. The van der Waals surface area contributed by atoms with Crippen molar-refractivity contribution in [1.82, 2.24) is 18.9 Å². The molecule has 0 aliphatic heterocycles. The molecule has 0 aliphatic carbocycles. The Morgan fingerprint density at radius 3 is 1.23 bits per heavy atom. The second kappa shape index (κ2) is 19.5. The Bertz CT molecular complexity index is 3950. The zero-order chi connectivity index (χ0) is 50.1. The summed E-state index contributed by atoms with van der Waals surface area (Å²) in [6, 6.07) is 86.3. The van der Waals surface area contributed by atoms with Crippen LogP contribution >= 0.6 is 0 Å². The summed E-state index contributed by atoms with van der Waals surface area (Å²) in [6.45, 7) is 12.9. The van der Waals surface area contributed by atoms with E-state index in [-0.39, 0.29) is 0 Å². The molecule has 0 atom stereocenters. The normalized spacial score (nSPS) is 12.1. The lowest BCUT2D eigenvalue weighted by molar-refractivity contribution is 1.12. The van der Waals surface area contributed by atoms with Crippen molar-refractivity contribution >= 4 is 79.4 Å². The van der Waals surface area contributed by atoms with Crippen LogP contribution in [0, 0.1) is 31.8 Å². The maximum atomic E-state index is 12.2. The number of pyridine rings is 2. The summed E-state index contributed by atoms with van der Waals surface area (Å²) in [5.41, 5.74) is 13.3. The predicted octanol–water partition coefficient (Wildman–Crippen LogP) is 10.6. The molecule has 0 unspecified atom stereocenters. The highest BCUT2D eigenvalue weighted by Crippen LogP contribution is 2.38. The Morgan fingerprint density at radius 2 is 0.797 bits per heavy atom. The van der Waals surface area contributed by atoms with E-state index < -0.39 is 13.7 Å². The Labute approximate surface area is 431 Å². The highest BCUT2D eigenvalue weighted by molar-refractivity contribution is 6.85. The van der Waals surface area contributed by atoms with Gasteiger partial charge in [-0.1, -0.05) is 240 Å². The SMILES string of the molecule is [C-]#[N+]/C(c1ccc2ccccc2n1)=c1\c2c(-c3ccccc3C)n(B(c3ccccc3)c3ccccc3)/c(=C(/C#N)c3ccc4ccccc4n3)c2c(-c2ccccc2C)n1B(c1ccccc1)c1ccccc1. The van der Waals surface area contributed by atoms with Crippen molar-refractivity contribution in [3.63, 3.8) is 0 Å². The number of nitriles is 1. The molecule has 0 spiro atoms. The quantitative estimate of drug-likeness (QED) is 0.101. The fourth-order valence-electron chi connectivity index (χ4n) is 11.0. The van der Waals surface area contributed by atoms with Gasteiger partial charge in [-0.15, -0.1) is 0 Å². The zero-order valence-electron chi connectivity index (χ0n) is 40.9. The maximum absolute atomic E-state index is 12.2. The Balaban J connectivity index is 1.46.